The monoisotopic (exact) mass is 260 g/mol. The van der Waals surface area contributed by atoms with Crippen LogP contribution in [0.15, 0.2) is 24.3 Å². The molecule has 1 aromatic rings. The molecule has 2 atom stereocenters. The first-order valence-electron chi connectivity index (χ1n) is 6.99. The van der Waals surface area contributed by atoms with E-state index in [1.807, 2.05) is 24.3 Å². The van der Waals surface area contributed by atoms with Crippen molar-refractivity contribution in [1.82, 2.24) is 0 Å². The Balaban J connectivity index is 1.98. The molecule has 2 rings (SSSR count). The van der Waals surface area contributed by atoms with Gasteiger partial charge in [-0.1, -0.05) is 32.9 Å². The van der Waals surface area contributed by atoms with Crippen LogP contribution < -0.4 is 11.1 Å². The number of amides is 1. The Morgan fingerprint density at radius 1 is 1.32 bits per heavy atom. The quantitative estimate of drug-likeness (QED) is 0.874. The smallest absolute Gasteiger partial charge is 0.221 e. The van der Waals surface area contributed by atoms with E-state index in [1.54, 1.807) is 0 Å². The number of rotatable bonds is 4. The Labute approximate surface area is 115 Å². The number of hydrogen-bond donors (Lipinski definition) is 2. The van der Waals surface area contributed by atoms with Gasteiger partial charge in [0.1, 0.15) is 0 Å². The number of nitrogens with one attached hydrogen (secondary N) is 1. The highest BCUT2D eigenvalue weighted by Gasteiger charge is 2.36. The number of anilines is 1. The summed E-state index contributed by atoms with van der Waals surface area (Å²) in [4.78, 5) is 10.9. The zero-order valence-corrected chi connectivity index (χ0v) is 12.1. The van der Waals surface area contributed by atoms with Crippen molar-refractivity contribution < 1.29 is 4.79 Å². The summed E-state index contributed by atoms with van der Waals surface area (Å²) in [7, 11) is 0. The Hall–Kier alpha value is -1.51. The van der Waals surface area contributed by atoms with E-state index in [1.165, 1.54) is 12.8 Å². The molecule has 0 radical (unpaired) electrons. The fraction of sp³-hybridized carbons (Fsp3) is 0.562. The molecule has 104 valence electrons. The van der Waals surface area contributed by atoms with Gasteiger partial charge in [0.05, 0.1) is 6.42 Å². The van der Waals surface area contributed by atoms with Gasteiger partial charge < -0.3 is 11.1 Å². The van der Waals surface area contributed by atoms with Crippen LogP contribution in [0.1, 0.15) is 39.2 Å². The normalized spacial score (nSPS) is 25.2. The van der Waals surface area contributed by atoms with E-state index in [2.05, 4.69) is 26.1 Å². The Morgan fingerprint density at radius 2 is 1.95 bits per heavy atom. The van der Waals surface area contributed by atoms with Crippen molar-refractivity contribution in [3.8, 4) is 0 Å². The SMILES string of the molecule is C[C@@H]1CC(C)(C)C[C@@H]1Nc1ccc(CC(N)=O)cc1. The van der Waals surface area contributed by atoms with Crippen molar-refractivity contribution >= 4 is 11.6 Å². The van der Waals surface area contributed by atoms with Crippen molar-refractivity contribution in [2.45, 2.75) is 46.1 Å². The van der Waals surface area contributed by atoms with E-state index in [4.69, 9.17) is 5.73 Å². The molecule has 1 fully saturated rings. The van der Waals surface area contributed by atoms with E-state index >= 15 is 0 Å². The first-order valence-corrected chi connectivity index (χ1v) is 6.99. The molecule has 0 aliphatic heterocycles. The van der Waals surface area contributed by atoms with Crippen LogP contribution in [0.3, 0.4) is 0 Å². The topological polar surface area (TPSA) is 55.1 Å². The van der Waals surface area contributed by atoms with Crippen molar-refractivity contribution in [2.75, 3.05) is 5.32 Å². The summed E-state index contributed by atoms with van der Waals surface area (Å²) in [5.74, 6) is 0.409. The summed E-state index contributed by atoms with van der Waals surface area (Å²) in [6, 6.07) is 8.56. The maximum atomic E-state index is 10.9. The zero-order chi connectivity index (χ0) is 14.0. The standard InChI is InChI=1S/C16H24N2O/c1-11-9-16(2,3)10-14(11)18-13-6-4-12(5-7-13)8-15(17)19/h4-7,11,14,18H,8-10H2,1-3H3,(H2,17,19)/t11-,14+/m1/s1. The van der Waals surface area contributed by atoms with Crippen molar-refractivity contribution in [3.05, 3.63) is 29.8 Å². The molecule has 19 heavy (non-hydrogen) atoms. The fourth-order valence-electron chi connectivity index (χ4n) is 3.22. The minimum atomic E-state index is -0.285. The highest BCUT2D eigenvalue weighted by Crippen LogP contribution is 2.42. The van der Waals surface area contributed by atoms with Gasteiger partial charge in [-0.2, -0.15) is 0 Å². The molecule has 1 amide bonds. The summed E-state index contributed by atoms with van der Waals surface area (Å²) in [5.41, 5.74) is 7.72. The van der Waals surface area contributed by atoms with Crippen molar-refractivity contribution in [1.29, 1.82) is 0 Å². The summed E-state index contributed by atoms with van der Waals surface area (Å²) in [6.07, 6.45) is 2.79. The lowest BCUT2D eigenvalue weighted by atomic mass is 9.91. The van der Waals surface area contributed by atoms with Gasteiger partial charge in [-0.25, -0.2) is 0 Å². The highest BCUT2D eigenvalue weighted by atomic mass is 16.1. The van der Waals surface area contributed by atoms with E-state index in [0.717, 1.165) is 11.3 Å². The van der Waals surface area contributed by atoms with Crippen molar-refractivity contribution in [3.63, 3.8) is 0 Å². The summed E-state index contributed by atoms with van der Waals surface area (Å²) >= 11 is 0. The van der Waals surface area contributed by atoms with Crippen LogP contribution in [0, 0.1) is 11.3 Å². The van der Waals surface area contributed by atoms with Crippen LogP contribution in [0.2, 0.25) is 0 Å². The molecule has 0 spiro atoms. The van der Waals surface area contributed by atoms with Gasteiger partial charge in [0.25, 0.3) is 0 Å². The molecular formula is C16H24N2O. The first kappa shape index (κ1) is 13.9. The minimum Gasteiger partial charge on any atom is -0.382 e. The maximum Gasteiger partial charge on any atom is 0.221 e. The van der Waals surface area contributed by atoms with Crippen LogP contribution in [-0.2, 0) is 11.2 Å². The fourth-order valence-corrected chi connectivity index (χ4v) is 3.22. The number of carbonyl (C=O) groups is 1. The molecule has 0 unspecified atom stereocenters. The number of hydrogen-bond acceptors (Lipinski definition) is 2. The van der Waals surface area contributed by atoms with Gasteiger partial charge >= 0.3 is 0 Å². The molecule has 1 aromatic carbocycles. The van der Waals surface area contributed by atoms with Crippen LogP contribution in [0.4, 0.5) is 5.69 Å². The van der Waals surface area contributed by atoms with Crippen LogP contribution in [0.5, 0.6) is 0 Å². The maximum absolute atomic E-state index is 10.9. The average Bonchev–Trinajstić information content (AvgIpc) is 2.54. The van der Waals surface area contributed by atoms with Gasteiger partial charge in [0.2, 0.25) is 5.91 Å². The van der Waals surface area contributed by atoms with Crippen molar-refractivity contribution in [2.24, 2.45) is 17.1 Å². The summed E-state index contributed by atoms with van der Waals surface area (Å²) in [5, 5.41) is 3.61. The van der Waals surface area contributed by atoms with Gasteiger partial charge in [0.15, 0.2) is 0 Å². The molecule has 0 saturated heterocycles. The second-order valence-electron chi connectivity index (χ2n) is 6.64. The predicted molar refractivity (Wildman–Crippen MR) is 78.9 cm³/mol. The molecule has 3 nitrogen and oxygen atoms in total. The number of nitrogens with two attached hydrogens (primary N) is 1. The molecule has 0 heterocycles. The summed E-state index contributed by atoms with van der Waals surface area (Å²) in [6.45, 7) is 6.98. The van der Waals surface area contributed by atoms with E-state index in [9.17, 15) is 4.79 Å². The number of benzene rings is 1. The average molecular weight is 260 g/mol. The largest absolute Gasteiger partial charge is 0.382 e. The molecular weight excluding hydrogens is 236 g/mol. The first-order chi connectivity index (χ1) is 8.85. The summed E-state index contributed by atoms with van der Waals surface area (Å²) < 4.78 is 0. The molecule has 0 bridgehead atoms. The molecule has 0 aromatic heterocycles. The third kappa shape index (κ3) is 3.72. The van der Waals surface area contributed by atoms with E-state index < -0.39 is 0 Å². The van der Waals surface area contributed by atoms with Gasteiger partial charge in [0, 0.05) is 11.7 Å². The molecule has 3 N–H and O–H groups in total. The molecule has 1 saturated carbocycles. The lowest BCUT2D eigenvalue weighted by Gasteiger charge is -2.20. The molecule has 3 heteroatoms. The van der Waals surface area contributed by atoms with Gasteiger partial charge in [-0.05, 0) is 41.9 Å². The Kier molecular flexibility index (Phi) is 3.83. The van der Waals surface area contributed by atoms with Gasteiger partial charge in [-0.3, -0.25) is 4.79 Å². The Morgan fingerprint density at radius 3 is 2.42 bits per heavy atom. The van der Waals surface area contributed by atoms with Gasteiger partial charge in [-0.15, -0.1) is 0 Å². The van der Waals surface area contributed by atoms with E-state index in [-0.39, 0.29) is 5.91 Å². The predicted octanol–water partition coefficient (Wildman–Crippen LogP) is 2.95. The lowest BCUT2D eigenvalue weighted by Crippen LogP contribution is -2.22. The lowest BCUT2D eigenvalue weighted by molar-refractivity contribution is -0.117. The zero-order valence-electron chi connectivity index (χ0n) is 12.1. The van der Waals surface area contributed by atoms with Crippen LogP contribution >= 0.6 is 0 Å². The van der Waals surface area contributed by atoms with Crippen LogP contribution in [-0.4, -0.2) is 11.9 Å². The third-order valence-corrected chi connectivity index (χ3v) is 4.02. The molecule has 1 aliphatic carbocycles. The van der Waals surface area contributed by atoms with E-state index in [0.29, 0.717) is 23.8 Å². The molecule has 1 aliphatic rings. The minimum absolute atomic E-state index is 0.285. The number of primary amides is 1. The number of carbonyl (C=O) groups excluding carboxylic acids is 1. The highest BCUT2D eigenvalue weighted by molar-refractivity contribution is 5.76. The second-order valence-corrected chi connectivity index (χ2v) is 6.64. The Bertz CT molecular complexity index is 450. The second kappa shape index (κ2) is 5.24. The van der Waals surface area contributed by atoms with Crippen LogP contribution in [0.25, 0.3) is 0 Å². The third-order valence-electron chi connectivity index (χ3n) is 4.02.